The van der Waals surface area contributed by atoms with Crippen molar-refractivity contribution < 1.29 is 19.4 Å². The summed E-state index contributed by atoms with van der Waals surface area (Å²) >= 11 is 0.990. The van der Waals surface area contributed by atoms with Gasteiger partial charge in [0.1, 0.15) is 0 Å². The molecule has 0 aliphatic carbocycles. The first-order chi connectivity index (χ1) is 18.0. The summed E-state index contributed by atoms with van der Waals surface area (Å²) in [5, 5.41) is 13.6. The van der Waals surface area contributed by atoms with E-state index in [2.05, 4.69) is 15.3 Å². The lowest BCUT2D eigenvalue weighted by atomic mass is 9.86. The van der Waals surface area contributed by atoms with E-state index in [1.165, 1.54) is 0 Å². The largest absolute Gasteiger partial charge is 0.493 e. The Kier molecular flexibility index (Phi) is 8.37. The van der Waals surface area contributed by atoms with Gasteiger partial charge in [0, 0.05) is 11.6 Å². The molecule has 0 unspecified atom stereocenters. The van der Waals surface area contributed by atoms with Gasteiger partial charge >= 0.3 is 5.97 Å². The third-order valence-electron chi connectivity index (χ3n) is 5.49. The van der Waals surface area contributed by atoms with Gasteiger partial charge in [0.2, 0.25) is 11.8 Å². The first kappa shape index (κ1) is 25.7. The number of amides is 1. The normalized spacial score (nSPS) is 10.8. The highest BCUT2D eigenvalue weighted by atomic mass is 32.2. The summed E-state index contributed by atoms with van der Waals surface area (Å²) in [5.41, 5.74) is 2.22. The number of carbonyl (C=O) groups is 2. The Morgan fingerprint density at radius 3 is 2.11 bits per heavy atom. The average molecular weight is 516 g/mol. The van der Waals surface area contributed by atoms with Crippen LogP contribution in [-0.4, -0.2) is 39.3 Å². The molecule has 4 aromatic rings. The third kappa shape index (κ3) is 6.45. The Labute approximate surface area is 217 Å². The van der Waals surface area contributed by atoms with E-state index in [1.807, 2.05) is 60.7 Å². The minimum Gasteiger partial charge on any atom is -0.493 e. The average Bonchev–Trinajstić information content (AvgIpc) is 2.91. The number of hydrogen-bond donors (Lipinski definition) is 3. The summed E-state index contributed by atoms with van der Waals surface area (Å²) in [6.45, 7) is 2.00. The molecule has 0 aliphatic heterocycles. The van der Waals surface area contributed by atoms with Gasteiger partial charge in [0.15, 0.2) is 5.16 Å². The van der Waals surface area contributed by atoms with Gasteiger partial charge in [-0.2, -0.15) is 4.98 Å². The number of aromatic nitrogens is 2. The van der Waals surface area contributed by atoms with Crippen LogP contribution in [0.5, 0.6) is 5.88 Å². The second-order valence-corrected chi connectivity index (χ2v) is 8.96. The second kappa shape index (κ2) is 12.0. The molecule has 1 amide bonds. The van der Waals surface area contributed by atoms with E-state index < -0.39 is 17.4 Å². The standard InChI is InChI=1S/C28H25N3O5S/c1-2-36-27(35)20-13-15-21(16-14-20)29-22(32)17-37-28-30-25(33)24(26(34)31-28)23(18-9-5-3-6-10-18)19-11-7-4-8-12-19/h3-16,23H,2,17H2,1H3,(H,29,32)(H2,30,31,33,34). The van der Waals surface area contributed by atoms with E-state index in [-0.39, 0.29) is 34.9 Å². The molecule has 0 fully saturated rings. The molecule has 4 rings (SSSR count). The van der Waals surface area contributed by atoms with E-state index in [0.717, 1.165) is 22.9 Å². The number of H-pyrrole nitrogens is 1. The lowest BCUT2D eigenvalue weighted by Crippen LogP contribution is -2.21. The van der Waals surface area contributed by atoms with Crippen LogP contribution in [0.25, 0.3) is 0 Å². The molecule has 37 heavy (non-hydrogen) atoms. The maximum atomic E-state index is 13.1. The van der Waals surface area contributed by atoms with Crippen molar-refractivity contribution in [1.29, 1.82) is 0 Å². The fraction of sp³-hybridized carbons (Fsp3) is 0.143. The number of esters is 1. The number of hydrogen-bond acceptors (Lipinski definition) is 7. The predicted octanol–water partition coefficient (Wildman–Crippen LogP) is 4.56. The zero-order valence-electron chi connectivity index (χ0n) is 20.0. The van der Waals surface area contributed by atoms with Gasteiger partial charge in [0.25, 0.3) is 5.56 Å². The van der Waals surface area contributed by atoms with E-state index in [9.17, 15) is 19.5 Å². The molecule has 0 radical (unpaired) electrons. The van der Waals surface area contributed by atoms with E-state index in [1.54, 1.807) is 31.2 Å². The molecular formula is C28H25N3O5S. The fourth-order valence-corrected chi connectivity index (χ4v) is 4.49. The van der Waals surface area contributed by atoms with Crippen LogP contribution in [0.15, 0.2) is 94.9 Å². The number of aromatic hydroxyl groups is 1. The SMILES string of the molecule is CCOC(=O)c1ccc(NC(=O)CSc2nc(O)c(C(c3ccccc3)c3ccccc3)c(=O)[nH]2)cc1. The molecule has 0 spiro atoms. The van der Waals surface area contributed by atoms with Crippen molar-refractivity contribution >= 4 is 29.3 Å². The fourth-order valence-electron chi connectivity index (χ4n) is 3.83. The Morgan fingerprint density at radius 1 is 0.973 bits per heavy atom. The minimum absolute atomic E-state index is 0.0534. The molecule has 8 nitrogen and oxygen atoms in total. The minimum atomic E-state index is -0.515. The quantitative estimate of drug-likeness (QED) is 0.170. The van der Waals surface area contributed by atoms with E-state index in [0.29, 0.717) is 11.3 Å². The number of anilines is 1. The number of aromatic amines is 1. The first-order valence-corrected chi connectivity index (χ1v) is 12.6. The van der Waals surface area contributed by atoms with Crippen molar-refractivity contribution in [3.05, 3.63) is 118 Å². The van der Waals surface area contributed by atoms with Gasteiger partial charge in [-0.15, -0.1) is 0 Å². The van der Waals surface area contributed by atoms with Crippen LogP contribution >= 0.6 is 11.8 Å². The summed E-state index contributed by atoms with van der Waals surface area (Å²) in [4.78, 5) is 44.1. The van der Waals surface area contributed by atoms with Gasteiger partial charge in [-0.25, -0.2) is 4.79 Å². The van der Waals surface area contributed by atoms with Gasteiger partial charge in [0.05, 0.1) is 23.5 Å². The van der Waals surface area contributed by atoms with Crippen LogP contribution in [0.4, 0.5) is 5.69 Å². The molecule has 3 aromatic carbocycles. The topological polar surface area (TPSA) is 121 Å². The van der Waals surface area contributed by atoms with Crippen LogP contribution < -0.4 is 10.9 Å². The molecule has 188 valence electrons. The number of nitrogens with zero attached hydrogens (tertiary/aromatic N) is 1. The van der Waals surface area contributed by atoms with E-state index >= 15 is 0 Å². The van der Waals surface area contributed by atoms with Crippen molar-refractivity contribution in [1.82, 2.24) is 9.97 Å². The molecule has 0 aliphatic rings. The smallest absolute Gasteiger partial charge is 0.338 e. The third-order valence-corrected chi connectivity index (χ3v) is 6.36. The van der Waals surface area contributed by atoms with Gasteiger partial charge in [-0.05, 0) is 42.3 Å². The van der Waals surface area contributed by atoms with Crippen LogP contribution in [0.1, 0.15) is 39.9 Å². The zero-order valence-corrected chi connectivity index (χ0v) is 20.8. The molecule has 1 heterocycles. The van der Waals surface area contributed by atoms with Crippen molar-refractivity contribution in [3.63, 3.8) is 0 Å². The number of rotatable bonds is 9. The molecular weight excluding hydrogens is 490 g/mol. The van der Waals surface area contributed by atoms with Gasteiger partial charge < -0.3 is 20.1 Å². The number of carbonyl (C=O) groups excluding carboxylic acids is 2. The van der Waals surface area contributed by atoms with Crippen LogP contribution in [-0.2, 0) is 9.53 Å². The van der Waals surface area contributed by atoms with Crippen molar-refractivity contribution in [2.45, 2.75) is 18.0 Å². The lowest BCUT2D eigenvalue weighted by molar-refractivity contribution is -0.113. The zero-order chi connectivity index (χ0) is 26.2. The van der Waals surface area contributed by atoms with Crippen LogP contribution in [0.2, 0.25) is 0 Å². The number of nitrogens with one attached hydrogen (secondary N) is 2. The second-order valence-electron chi connectivity index (χ2n) is 8.00. The van der Waals surface area contributed by atoms with Gasteiger partial charge in [-0.3, -0.25) is 9.59 Å². The molecule has 0 atom stereocenters. The molecule has 9 heteroatoms. The van der Waals surface area contributed by atoms with Crippen molar-refractivity contribution in [2.75, 3.05) is 17.7 Å². The maximum absolute atomic E-state index is 13.1. The molecule has 1 aromatic heterocycles. The Hall–Kier alpha value is -4.37. The Bertz CT molecular complexity index is 1380. The Balaban J connectivity index is 1.48. The number of ether oxygens (including phenoxy) is 1. The van der Waals surface area contributed by atoms with Crippen molar-refractivity contribution in [3.8, 4) is 5.88 Å². The maximum Gasteiger partial charge on any atom is 0.338 e. The highest BCUT2D eigenvalue weighted by molar-refractivity contribution is 7.99. The predicted molar refractivity (Wildman–Crippen MR) is 142 cm³/mol. The highest BCUT2D eigenvalue weighted by Crippen LogP contribution is 2.34. The summed E-state index contributed by atoms with van der Waals surface area (Å²) in [6, 6.07) is 25.1. The summed E-state index contributed by atoms with van der Waals surface area (Å²) in [6.07, 6.45) is 0. The highest BCUT2D eigenvalue weighted by Gasteiger charge is 2.25. The molecule has 0 bridgehead atoms. The van der Waals surface area contributed by atoms with Crippen LogP contribution in [0, 0.1) is 0 Å². The summed E-state index contributed by atoms with van der Waals surface area (Å²) in [5.74, 6) is -1.73. The monoisotopic (exact) mass is 515 g/mol. The van der Waals surface area contributed by atoms with Crippen molar-refractivity contribution in [2.24, 2.45) is 0 Å². The van der Waals surface area contributed by atoms with E-state index in [4.69, 9.17) is 4.74 Å². The lowest BCUT2D eigenvalue weighted by Gasteiger charge is -2.18. The molecule has 3 N–H and O–H groups in total. The summed E-state index contributed by atoms with van der Waals surface area (Å²) < 4.78 is 4.94. The summed E-state index contributed by atoms with van der Waals surface area (Å²) in [7, 11) is 0. The Morgan fingerprint density at radius 2 is 1.57 bits per heavy atom. The number of thioether (sulfide) groups is 1. The van der Waals surface area contributed by atoms with Gasteiger partial charge in [-0.1, -0.05) is 72.4 Å². The molecule has 0 saturated carbocycles. The number of benzene rings is 3. The first-order valence-electron chi connectivity index (χ1n) is 11.6. The van der Waals surface area contributed by atoms with Crippen LogP contribution in [0.3, 0.4) is 0 Å². The molecule has 0 saturated heterocycles.